The highest BCUT2D eigenvalue weighted by molar-refractivity contribution is 6.05. The van der Waals surface area contributed by atoms with Gasteiger partial charge in [-0.2, -0.15) is 4.98 Å². The molecule has 0 aliphatic carbocycles. The van der Waals surface area contributed by atoms with Crippen LogP contribution in [-0.4, -0.2) is 29.0 Å². The molecule has 0 aliphatic heterocycles. The normalized spacial score (nSPS) is 10.4. The van der Waals surface area contributed by atoms with Gasteiger partial charge in [0, 0.05) is 24.0 Å². The number of aromatic nitrogens is 2. The molecule has 3 rings (SSSR count). The number of nitrogens with one attached hydrogen (secondary N) is 1. The molecule has 1 aromatic heterocycles. The van der Waals surface area contributed by atoms with Gasteiger partial charge in [-0.1, -0.05) is 23.9 Å². The molecule has 2 amide bonds. The van der Waals surface area contributed by atoms with Crippen LogP contribution in [-0.2, 0) is 11.2 Å². The summed E-state index contributed by atoms with van der Waals surface area (Å²) in [5.41, 5.74) is 2.86. The molecule has 0 atom stereocenters. The van der Waals surface area contributed by atoms with Gasteiger partial charge >= 0.3 is 0 Å². The number of aryl methyl sites for hydroxylation is 1. The maximum Gasteiger partial charge on any atom is 0.255 e. The molecule has 0 bridgehead atoms. The van der Waals surface area contributed by atoms with Crippen LogP contribution in [0.5, 0.6) is 0 Å². The van der Waals surface area contributed by atoms with Crippen molar-refractivity contribution < 1.29 is 14.1 Å². The van der Waals surface area contributed by atoms with Gasteiger partial charge in [-0.25, -0.2) is 0 Å². The van der Waals surface area contributed by atoms with Crippen molar-refractivity contribution in [1.82, 2.24) is 10.1 Å². The number of likely N-dealkylation sites (N-methyl/N-ethyl adjacent to an activating group) is 1. The van der Waals surface area contributed by atoms with E-state index in [0.29, 0.717) is 35.1 Å². The molecule has 0 fully saturated rings. The van der Waals surface area contributed by atoms with E-state index in [1.807, 2.05) is 24.3 Å². The third-order valence-corrected chi connectivity index (χ3v) is 4.16. The maximum absolute atomic E-state index is 12.4. The Labute approximate surface area is 162 Å². The largest absolute Gasteiger partial charge is 0.339 e. The number of carbonyl (C=O) groups is 2. The Kier molecular flexibility index (Phi) is 5.64. The van der Waals surface area contributed by atoms with Crippen LogP contribution < -0.4 is 10.2 Å². The third kappa shape index (κ3) is 4.50. The zero-order chi connectivity index (χ0) is 20.1. The lowest BCUT2D eigenvalue weighted by Crippen LogP contribution is -2.23. The Morgan fingerprint density at radius 3 is 2.39 bits per heavy atom. The summed E-state index contributed by atoms with van der Waals surface area (Å²) in [5.74, 6) is 0.705. The molecule has 0 spiro atoms. The van der Waals surface area contributed by atoms with Gasteiger partial charge in [-0.15, -0.1) is 0 Å². The fourth-order valence-electron chi connectivity index (χ4n) is 2.60. The third-order valence-electron chi connectivity index (χ3n) is 4.16. The van der Waals surface area contributed by atoms with Crippen LogP contribution in [0.2, 0.25) is 0 Å². The van der Waals surface area contributed by atoms with Gasteiger partial charge in [0.2, 0.25) is 11.8 Å². The van der Waals surface area contributed by atoms with E-state index in [1.165, 1.54) is 11.0 Å². The minimum absolute atomic E-state index is 0.215. The van der Waals surface area contributed by atoms with Crippen molar-refractivity contribution in [2.24, 2.45) is 0 Å². The second-order valence-electron chi connectivity index (χ2n) is 6.21. The summed E-state index contributed by atoms with van der Waals surface area (Å²) < 4.78 is 5.11. The average molecular weight is 376 g/mol. The Hall–Kier alpha value is -3.74. The summed E-state index contributed by atoms with van der Waals surface area (Å²) in [5, 5.41) is 6.61. The standard InChI is InChI=1S/C21H20N4O3/c1-4-20(26)25(3)18-11-7-16(8-12-18)21(27)23-17-9-5-15(6-10-17)13-19-22-14(2)24-28-19/h4-12H,1,13H2,2-3H3,(H,23,27). The summed E-state index contributed by atoms with van der Waals surface area (Å²) in [4.78, 5) is 29.7. The lowest BCUT2D eigenvalue weighted by Gasteiger charge is -2.15. The van der Waals surface area contributed by atoms with Crippen molar-refractivity contribution >= 4 is 23.2 Å². The lowest BCUT2D eigenvalue weighted by molar-refractivity contribution is -0.113. The second-order valence-corrected chi connectivity index (χ2v) is 6.21. The summed E-state index contributed by atoms with van der Waals surface area (Å²) in [6.45, 7) is 5.23. The number of rotatable bonds is 6. The minimum atomic E-state index is -0.232. The highest BCUT2D eigenvalue weighted by Gasteiger charge is 2.10. The number of hydrogen-bond donors (Lipinski definition) is 1. The van der Waals surface area contributed by atoms with Crippen molar-refractivity contribution in [3.63, 3.8) is 0 Å². The van der Waals surface area contributed by atoms with Crippen LogP contribution in [0.25, 0.3) is 0 Å². The van der Waals surface area contributed by atoms with Crippen LogP contribution in [0.1, 0.15) is 27.6 Å². The number of nitrogens with zero attached hydrogens (tertiary/aromatic N) is 3. The zero-order valence-electron chi connectivity index (χ0n) is 15.7. The fraction of sp³-hybridized carbons (Fsp3) is 0.143. The number of benzene rings is 2. The zero-order valence-corrected chi connectivity index (χ0v) is 15.7. The first-order valence-electron chi connectivity index (χ1n) is 8.66. The van der Waals surface area contributed by atoms with Gasteiger partial charge < -0.3 is 14.7 Å². The minimum Gasteiger partial charge on any atom is -0.339 e. The molecule has 0 saturated heterocycles. The van der Waals surface area contributed by atoms with E-state index in [9.17, 15) is 9.59 Å². The van der Waals surface area contributed by atoms with Crippen molar-refractivity contribution in [3.05, 3.63) is 84.0 Å². The molecule has 1 heterocycles. The Balaban J connectivity index is 1.62. The van der Waals surface area contributed by atoms with E-state index < -0.39 is 0 Å². The Morgan fingerprint density at radius 1 is 1.14 bits per heavy atom. The first-order valence-corrected chi connectivity index (χ1v) is 8.66. The summed E-state index contributed by atoms with van der Waals surface area (Å²) in [6, 6.07) is 14.2. The molecular formula is C21H20N4O3. The first kappa shape index (κ1) is 19.0. The van der Waals surface area contributed by atoms with Crippen LogP contribution in [0, 0.1) is 6.92 Å². The van der Waals surface area contributed by atoms with Crippen molar-refractivity contribution in [2.45, 2.75) is 13.3 Å². The van der Waals surface area contributed by atoms with E-state index in [0.717, 1.165) is 5.56 Å². The topological polar surface area (TPSA) is 88.3 Å². The molecule has 1 N–H and O–H groups in total. The van der Waals surface area contributed by atoms with Gasteiger partial charge in [0.05, 0.1) is 6.42 Å². The van der Waals surface area contributed by atoms with Gasteiger partial charge in [0.15, 0.2) is 5.82 Å². The molecule has 0 saturated carbocycles. The molecule has 0 unspecified atom stereocenters. The van der Waals surface area contributed by atoms with Gasteiger partial charge in [0.1, 0.15) is 0 Å². The number of carbonyl (C=O) groups excluding carboxylic acids is 2. The molecule has 7 nitrogen and oxygen atoms in total. The SMILES string of the molecule is C=CC(=O)N(C)c1ccc(C(=O)Nc2ccc(Cc3nc(C)no3)cc2)cc1. The maximum atomic E-state index is 12.4. The quantitative estimate of drug-likeness (QED) is 0.667. The van der Waals surface area contributed by atoms with Crippen LogP contribution in [0.4, 0.5) is 11.4 Å². The molecule has 0 radical (unpaired) electrons. The van der Waals surface area contributed by atoms with Gasteiger partial charge in [-0.05, 0) is 55.0 Å². The number of amides is 2. The van der Waals surface area contributed by atoms with Crippen molar-refractivity contribution in [1.29, 1.82) is 0 Å². The van der Waals surface area contributed by atoms with Crippen molar-refractivity contribution in [3.8, 4) is 0 Å². The number of hydrogen-bond acceptors (Lipinski definition) is 5. The highest BCUT2D eigenvalue weighted by Crippen LogP contribution is 2.17. The van der Waals surface area contributed by atoms with E-state index in [-0.39, 0.29) is 11.8 Å². The van der Waals surface area contributed by atoms with E-state index in [4.69, 9.17) is 4.52 Å². The number of anilines is 2. The summed E-state index contributed by atoms with van der Waals surface area (Å²) in [7, 11) is 1.65. The van der Waals surface area contributed by atoms with Crippen molar-refractivity contribution in [2.75, 3.05) is 17.3 Å². The average Bonchev–Trinajstić information content (AvgIpc) is 3.13. The molecule has 2 aromatic carbocycles. The molecule has 7 heteroatoms. The highest BCUT2D eigenvalue weighted by atomic mass is 16.5. The predicted octanol–water partition coefficient (Wildman–Crippen LogP) is 3.37. The molecule has 0 aliphatic rings. The summed E-state index contributed by atoms with van der Waals surface area (Å²) >= 11 is 0. The first-order chi connectivity index (χ1) is 13.5. The van der Waals surface area contributed by atoms with Crippen LogP contribution >= 0.6 is 0 Å². The molecular weight excluding hydrogens is 356 g/mol. The van der Waals surface area contributed by atoms with Crippen LogP contribution in [0.3, 0.4) is 0 Å². The summed E-state index contributed by atoms with van der Waals surface area (Å²) in [6.07, 6.45) is 1.78. The van der Waals surface area contributed by atoms with Gasteiger partial charge in [-0.3, -0.25) is 9.59 Å². The van der Waals surface area contributed by atoms with Gasteiger partial charge in [0.25, 0.3) is 5.91 Å². The Morgan fingerprint density at radius 2 is 1.82 bits per heavy atom. The fourth-order valence-corrected chi connectivity index (χ4v) is 2.60. The molecule has 28 heavy (non-hydrogen) atoms. The van der Waals surface area contributed by atoms with E-state index in [2.05, 4.69) is 22.0 Å². The smallest absolute Gasteiger partial charge is 0.255 e. The van der Waals surface area contributed by atoms with E-state index >= 15 is 0 Å². The second kappa shape index (κ2) is 8.30. The van der Waals surface area contributed by atoms with Crippen LogP contribution in [0.15, 0.2) is 65.7 Å². The monoisotopic (exact) mass is 376 g/mol. The lowest BCUT2D eigenvalue weighted by atomic mass is 10.1. The predicted molar refractivity (Wildman–Crippen MR) is 106 cm³/mol. The Bertz CT molecular complexity index is 991. The molecule has 3 aromatic rings. The molecule has 142 valence electrons. The van der Waals surface area contributed by atoms with E-state index in [1.54, 1.807) is 38.2 Å².